The summed E-state index contributed by atoms with van der Waals surface area (Å²) in [5.74, 6) is 1.65. The van der Waals surface area contributed by atoms with Gasteiger partial charge in [0.25, 0.3) is 0 Å². The van der Waals surface area contributed by atoms with Crippen LogP contribution in [0.5, 0.6) is 0 Å². The van der Waals surface area contributed by atoms with Crippen molar-refractivity contribution < 1.29 is 4.52 Å². The Hall–Kier alpha value is -1.39. The first-order chi connectivity index (χ1) is 9.06. The molecule has 1 heterocycles. The topological polar surface area (TPSA) is 51.0 Å². The second-order valence-corrected chi connectivity index (χ2v) is 5.29. The molecule has 0 aliphatic heterocycles. The molecule has 1 atom stereocenters. The van der Waals surface area contributed by atoms with Crippen molar-refractivity contribution in [1.29, 1.82) is 0 Å². The first-order valence-electron chi connectivity index (χ1n) is 6.37. The summed E-state index contributed by atoms with van der Waals surface area (Å²) in [4.78, 5) is 4.33. The van der Waals surface area contributed by atoms with E-state index < -0.39 is 0 Å². The molecule has 0 spiro atoms. The van der Waals surface area contributed by atoms with Crippen molar-refractivity contribution in [3.8, 4) is 0 Å². The Morgan fingerprint density at radius 2 is 1.89 bits per heavy atom. The summed E-state index contributed by atoms with van der Waals surface area (Å²) in [6, 6.07) is 7.99. The fraction of sp³-hybridized carbons (Fsp3) is 0.429. The molecule has 0 amide bonds. The minimum Gasteiger partial charge on any atom is -0.338 e. The Labute approximate surface area is 118 Å². The van der Waals surface area contributed by atoms with Gasteiger partial charge in [0.05, 0.1) is 6.54 Å². The summed E-state index contributed by atoms with van der Waals surface area (Å²) in [7, 11) is 0. The average Bonchev–Trinajstić information content (AvgIpc) is 2.86. The molecule has 102 valence electrons. The first kappa shape index (κ1) is 14.0. The molecule has 0 unspecified atom stereocenters. The van der Waals surface area contributed by atoms with Gasteiger partial charge in [-0.15, -0.1) is 0 Å². The maximum Gasteiger partial charge on any atom is 0.240 e. The van der Waals surface area contributed by atoms with Crippen LogP contribution in [0.15, 0.2) is 28.8 Å². The zero-order valence-corrected chi connectivity index (χ0v) is 12.1. The van der Waals surface area contributed by atoms with Gasteiger partial charge in [0.1, 0.15) is 0 Å². The van der Waals surface area contributed by atoms with Gasteiger partial charge in [-0.1, -0.05) is 42.7 Å². The van der Waals surface area contributed by atoms with Crippen molar-refractivity contribution in [1.82, 2.24) is 15.5 Å². The van der Waals surface area contributed by atoms with Crippen molar-refractivity contribution in [2.75, 3.05) is 0 Å². The zero-order valence-electron chi connectivity index (χ0n) is 11.4. The zero-order chi connectivity index (χ0) is 13.8. The fourth-order valence-corrected chi connectivity index (χ4v) is 1.81. The van der Waals surface area contributed by atoms with Gasteiger partial charge < -0.3 is 9.84 Å². The highest BCUT2D eigenvalue weighted by Crippen LogP contribution is 2.16. The van der Waals surface area contributed by atoms with Crippen molar-refractivity contribution >= 4 is 11.6 Å². The van der Waals surface area contributed by atoms with Crippen molar-refractivity contribution in [2.45, 2.75) is 39.3 Å². The normalized spacial score (nSPS) is 12.9. The lowest BCUT2D eigenvalue weighted by molar-refractivity contribution is 0.355. The molecule has 0 bridgehead atoms. The van der Waals surface area contributed by atoms with E-state index in [1.54, 1.807) is 0 Å². The lowest BCUT2D eigenvalue weighted by Crippen LogP contribution is -2.18. The number of rotatable bonds is 5. The predicted molar refractivity (Wildman–Crippen MR) is 75.1 cm³/mol. The third kappa shape index (κ3) is 3.78. The van der Waals surface area contributed by atoms with Crippen LogP contribution in [0, 0.1) is 0 Å². The van der Waals surface area contributed by atoms with Crippen LogP contribution in [0.4, 0.5) is 0 Å². The molecule has 1 N–H and O–H groups in total. The monoisotopic (exact) mass is 279 g/mol. The van der Waals surface area contributed by atoms with E-state index in [0.717, 1.165) is 10.8 Å². The van der Waals surface area contributed by atoms with Crippen LogP contribution in [0.25, 0.3) is 0 Å². The molecule has 2 aromatic rings. The van der Waals surface area contributed by atoms with Gasteiger partial charge in [0.15, 0.2) is 5.82 Å². The quantitative estimate of drug-likeness (QED) is 0.907. The third-order valence-electron chi connectivity index (χ3n) is 2.93. The SMILES string of the molecule is CC(C)c1noc(CN[C@@H](C)c2ccc(Cl)cc2)n1. The lowest BCUT2D eigenvalue weighted by Gasteiger charge is -2.12. The van der Waals surface area contributed by atoms with Crippen LogP contribution in [-0.2, 0) is 6.54 Å². The standard InChI is InChI=1S/C14H18ClN3O/c1-9(2)14-17-13(19-18-14)8-16-10(3)11-4-6-12(15)7-5-11/h4-7,9-10,16H,8H2,1-3H3/t10-/m0/s1. The molecular formula is C14H18ClN3O. The number of nitrogens with one attached hydrogen (secondary N) is 1. The van der Waals surface area contributed by atoms with E-state index in [4.69, 9.17) is 16.1 Å². The number of aromatic nitrogens is 2. The number of hydrogen-bond donors (Lipinski definition) is 1. The molecule has 1 aromatic heterocycles. The highest BCUT2D eigenvalue weighted by atomic mass is 35.5. The Bertz CT molecular complexity index is 522. The summed E-state index contributed by atoms with van der Waals surface area (Å²) in [6.07, 6.45) is 0. The molecule has 0 saturated carbocycles. The smallest absolute Gasteiger partial charge is 0.240 e. The van der Waals surface area contributed by atoms with Crippen molar-refractivity contribution in [2.24, 2.45) is 0 Å². The van der Waals surface area contributed by atoms with E-state index in [1.165, 1.54) is 5.56 Å². The van der Waals surface area contributed by atoms with Gasteiger partial charge in [0, 0.05) is 17.0 Å². The molecule has 2 rings (SSSR count). The van der Waals surface area contributed by atoms with Crippen LogP contribution < -0.4 is 5.32 Å². The van der Waals surface area contributed by atoms with Crippen molar-refractivity contribution in [3.63, 3.8) is 0 Å². The van der Waals surface area contributed by atoms with E-state index >= 15 is 0 Å². The van der Waals surface area contributed by atoms with Gasteiger partial charge in [-0.2, -0.15) is 4.98 Å². The van der Waals surface area contributed by atoms with Crippen LogP contribution in [-0.4, -0.2) is 10.1 Å². The molecule has 0 radical (unpaired) electrons. The molecule has 4 nitrogen and oxygen atoms in total. The van der Waals surface area contributed by atoms with Gasteiger partial charge in [-0.05, 0) is 24.6 Å². The molecule has 0 saturated heterocycles. The lowest BCUT2D eigenvalue weighted by atomic mass is 10.1. The van der Waals surface area contributed by atoms with Crippen LogP contribution in [0.1, 0.15) is 50.0 Å². The maximum absolute atomic E-state index is 5.87. The molecule has 0 fully saturated rings. The highest BCUT2D eigenvalue weighted by molar-refractivity contribution is 6.30. The number of benzene rings is 1. The number of hydrogen-bond acceptors (Lipinski definition) is 4. The third-order valence-corrected chi connectivity index (χ3v) is 3.18. The van der Waals surface area contributed by atoms with Gasteiger partial charge in [0.2, 0.25) is 5.89 Å². The van der Waals surface area contributed by atoms with E-state index in [2.05, 4.69) is 22.4 Å². The Balaban J connectivity index is 1.92. The Kier molecular flexibility index (Phi) is 4.56. The molecule has 5 heteroatoms. The second-order valence-electron chi connectivity index (χ2n) is 4.86. The minimum atomic E-state index is 0.201. The van der Waals surface area contributed by atoms with Gasteiger partial charge >= 0.3 is 0 Å². The average molecular weight is 280 g/mol. The minimum absolute atomic E-state index is 0.201. The molecule has 19 heavy (non-hydrogen) atoms. The summed E-state index contributed by atoms with van der Waals surface area (Å²) in [6.45, 7) is 6.73. The summed E-state index contributed by atoms with van der Waals surface area (Å²) < 4.78 is 5.19. The van der Waals surface area contributed by atoms with Crippen molar-refractivity contribution in [3.05, 3.63) is 46.6 Å². The van der Waals surface area contributed by atoms with Crippen LogP contribution in [0.3, 0.4) is 0 Å². The van der Waals surface area contributed by atoms with E-state index in [1.807, 2.05) is 38.1 Å². The summed E-state index contributed by atoms with van der Waals surface area (Å²) in [5.41, 5.74) is 1.17. The van der Waals surface area contributed by atoms with E-state index in [0.29, 0.717) is 12.4 Å². The van der Waals surface area contributed by atoms with Crippen LogP contribution >= 0.6 is 11.6 Å². The molecule has 1 aromatic carbocycles. The number of nitrogens with zero attached hydrogens (tertiary/aromatic N) is 2. The van der Waals surface area contributed by atoms with Gasteiger partial charge in [-0.3, -0.25) is 0 Å². The van der Waals surface area contributed by atoms with Crippen LogP contribution in [0.2, 0.25) is 5.02 Å². The Morgan fingerprint density at radius 3 is 2.47 bits per heavy atom. The van der Waals surface area contributed by atoms with E-state index in [-0.39, 0.29) is 12.0 Å². The second kappa shape index (κ2) is 6.17. The maximum atomic E-state index is 5.87. The number of halogens is 1. The molecule has 0 aliphatic carbocycles. The van der Waals surface area contributed by atoms with E-state index in [9.17, 15) is 0 Å². The largest absolute Gasteiger partial charge is 0.338 e. The molecule has 0 aliphatic rings. The fourth-order valence-electron chi connectivity index (χ4n) is 1.68. The highest BCUT2D eigenvalue weighted by Gasteiger charge is 2.11. The molecular weight excluding hydrogens is 262 g/mol. The first-order valence-corrected chi connectivity index (χ1v) is 6.75. The predicted octanol–water partition coefficient (Wildman–Crippen LogP) is 3.70. The van der Waals surface area contributed by atoms with Gasteiger partial charge in [-0.25, -0.2) is 0 Å². The summed E-state index contributed by atoms with van der Waals surface area (Å²) >= 11 is 5.87. The summed E-state index contributed by atoms with van der Waals surface area (Å²) in [5, 5.41) is 8.03. The Morgan fingerprint density at radius 1 is 1.21 bits per heavy atom.